The van der Waals surface area contributed by atoms with E-state index in [-0.39, 0.29) is 0 Å². The molecule has 0 spiro atoms. The first-order valence-corrected chi connectivity index (χ1v) is 10.2. The van der Waals surface area contributed by atoms with Gasteiger partial charge in [-0.1, -0.05) is 44.2 Å². The number of aryl methyl sites for hydroxylation is 2. The quantitative estimate of drug-likeness (QED) is 0.338. The van der Waals surface area contributed by atoms with Crippen LogP contribution in [0.2, 0.25) is 0 Å². The van der Waals surface area contributed by atoms with E-state index in [0.717, 1.165) is 50.8 Å². The van der Waals surface area contributed by atoms with Crippen LogP contribution in [0.25, 0.3) is 44.2 Å². The van der Waals surface area contributed by atoms with E-state index in [4.69, 9.17) is 9.40 Å². The summed E-state index contributed by atoms with van der Waals surface area (Å²) >= 11 is 0. The summed E-state index contributed by atoms with van der Waals surface area (Å²) in [6.45, 7) is 8.60. The van der Waals surface area contributed by atoms with E-state index in [9.17, 15) is 0 Å². The van der Waals surface area contributed by atoms with Crippen molar-refractivity contribution in [1.82, 2.24) is 9.97 Å². The molecule has 0 aliphatic heterocycles. The third-order valence-corrected chi connectivity index (χ3v) is 5.56. The maximum Gasteiger partial charge on any atom is 0.227 e. The van der Waals surface area contributed by atoms with Crippen LogP contribution in [-0.4, -0.2) is 9.97 Å². The molecular weight excluding hydrogens is 356 g/mol. The van der Waals surface area contributed by atoms with Gasteiger partial charge in [-0.2, -0.15) is 0 Å². The normalized spacial score (nSPS) is 11.9. The average Bonchev–Trinajstić information content (AvgIpc) is 3.04. The van der Waals surface area contributed by atoms with E-state index in [1.807, 2.05) is 13.0 Å². The molecule has 0 atom stereocenters. The third-order valence-electron chi connectivity index (χ3n) is 5.56. The highest BCUT2D eigenvalue weighted by Gasteiger charge is 2.17. The molecule has 29 heavy (non-hydrogen) atoms. The first-order chi connectivity index (χ1) is 14.0. The van der Waals surface area contributed by atoms with Gasteiger partial charge in [-0.3, -0.25) is 0 Å². The van der Waals surface area contributed by atoms with E-state index in [1.54, 1.807) is 0 Å². The molecule has 0 amide bonds. The standard InChI is InChI=1S/C26H24N2O/c1-15(2)14-18-6-5-7-22-19(18)12-13-23(28-22)24-16(3)8-10-20-21-11-9-17(4)27-26(21)29-25(20)24/h5-13,15H,14H2,1-4H3. The number of fused-ring (bicyclic) bond motifs is 4. The summed E-state index contributed by atoms with van der Waals surface area (Å²) in [5, 5.41) is 3.37. The molecular formula is C26H24N2O. The van der Waals surface area contributed by atoms with Crippen molar-refractivity contribution in [2.45, 2.75) is 34.1 Å². The van der Waals surface area contributed by atoms with Crippen molar-refractivity contribution in [3.63, 3.8) is 0 Å². The third kappa shape index (κ3) is 2.98. The second-order valence-corrected chi connectivity index (χ2v) is 8.32. The van der Waals surface area contributed by atoms with Crippen LogP contribution in [0.3, 0.4) is 0 Å². The molecule has 0 aliphatic carbocycles. The van der Waals surface area contributed by atoms with Gasteiger partial charge in [0.25, 0.3) is 0 Å². The Morgan fingerprint density at radius 3 is 2.45 bits per heavy atom. The minimum atomic E-state index is 0.614. The van der Waals surface area contributed by atoms with Gasteiger partial charge in [-0.05, 0) is 61.6 Å². The lowest BCUT2D eigenvalue weighted by Gasteiger charge is -2.11. The van der Waals surface area contributed by atoms with E-state index < -0.39 is 0 Å². The van der Waals surface area contributed by atoms with Gasteiger partial charge in [0, 0.05) is 27.4 Å². The molecule has 3 heterocycles. The van der Waals surface area contributed by atoms with Crippen LogP contribution >= 0.6 is 0 Å². The van der Waals surface area contributed by atoms with E-state index >= 15 is 0 Å². The summed E-state index contributed by atoms with van der Waals surface area (Å²) in [6.07, 6.45) is 1.06. The van der Waals surface area contributed by atoms with Crippen LogP contribution in [0, 0.1) is 19.8 Å². The van der Waals surface area contributed by atoms with Crippen molar-refractivity contribution < 1.29 is 4.42 Å². The number of hydrogen-bond donors (Lipinski definition) is 0. The second kappa shape index (κ2) is 6.70. The Bertz CT molecular complexity index is 1380. The zero-order valence-corrected chi connectivity index (χ0v) is 17.3. The van der Waals surface area contributed by atoms with Crippen LogP contribution in [-0.2, 0) is 6.42 Å². The number of furan rings is 1. The lowest BCUT2D eigenvalue weighted by Crippen LogP contribution is -1.96. The van der Waals surface area contributed by atoms with Gasteiger partial charge in [0.1, 0.15) is 5.58 Å². The summed E-state index contributed by atoms with van der Waals surface area (Å²) in [4.78, 5) is 9.61. The molecule has 0 N–H and O–H groups in total. The van der Waals surface area contributed by atoms with Crippen molar-refractivity contribution in [1.29, 1.82) is 0 Å². The fraction of sp³-hybridized carbons (Fsp3) is 0.231. The zero-order chi connectivity index (χ0) is 20.1. The van der Waals surface area contributed by atoms with Gasteiger partial charge < -0.3 is 4.42 Å². The number of aromatic nitrogens is 2. The molecule has 0 saturated carbocycles. The maximum absolute atomic E-state index is 6.24. The number of benzene rings is 2. The Kier molecular flexibility index (Phi) is 4.13. The molecule has 2 aromatic carbocycles. The predicted octanol–water partition coefficient (Wildman–Crippen LogP) is 7.01. The van der Waals surface area contributed by atoms with E-state index in [1.165, 1.54) is 10.9 Å². The zero-order valence-electron chi connectivity index (χ0n) is 17.3. The van der Waals surface area contributed by atoms with Crippen molar-refractivity contribution in [3.8, 4) is 11.3 Å². The Morgan fingerprint density at radius 1 is 0.828 bits per heavy atom. The summed E-state index contributed by atoms with van der Waals surface area (Å²) in [5.74, 6) is 0.614. The van der Waals surface area contributed by atoms with Crippen LogP contribution in [0.4, 0.5) is 0 Å². The molecule has 3 heteroatoms. The SMILES string of the molecule is Cc1ccc2c(n1)oc1c(-c3ccc4c(CC(C)C)cccc4n3)c(C)ccc12. The van der Waals surface area contributed by atoms with Gasteiger partial charge in [0.15, 0.2) is 0 Å². The fourth-order valence-corrected chi connectivity index (χ4v) is 4.21. The Morgan fingerprint density at radius 2 is 1.62 bits per heavy atom. The molecule has 0 saturated heterocycles. The summed E-state index contributed by atoms with van der Waals surface area (Å²) in [7, 11) is 0. The highest BCUT2D eigenvalue weighted by Crippen LogP contribution is 2.37. The summed E-state index contributed by atoms with van der Waals surface area (Å²) in [5.41, 5.74) is 8.04. The Labute approximate surface area is 170 Å². The van der Waals surface area contributed by atoms with Crippen molar-refractivity contribution in [3.05, 3.63) is 71.4 Å². The topological polar surface area (TPSA) is 38.9 Å². The highest BCUT2D eigenvalue weighted by atomic mass is 16.3. The largest absolute Gasteiger partial charge is 0.437 e. The lowest BCUT2D eigenvalue weighted by atomic mass is 9.97. The van der Waals surface area contributed by atoms with Crippen LogP contribution in [0.1, 0.15) is 30.7 Å². The highest BCUT2D eigenvalue weighted by molar-refractivity contribution is 6.09. The maximum atomic E-state index is 6.24. The summed E-state index contributed by atoms with van der Waals surface area (Å²) < 4.78 is 6.24. The molecule has 0 aliphatic rings. The molecule has 5 rings (SSSR count). The minimum Gasteiger partial charge on any atom is -0.437 e. The fourth-order valence-electron chi connectivity index (χ4n) is 4.21. The Balaban J connectivity index is 1.75. The van der Waals surface area contributed by atoms with Crippen LogP contribution < -0.4 is 0 Å². The van der Waals surface area contributed by atoms with E-state index in [2.05, 4.69) is 74.3 Å². The first kappa shape index (κ1) is 17.9. The number of pyridine rings is 2. The Hall–Kier alpha value is -3.20. The van der Waals surface area contributed by atoms with Gasteiger partial charge in [-0.15, -0.1) is 0 Å². The van der Waals surface area contributed by atoms with Crippen molar-refractivity contribution in [2.24, 2.45) is 5.92 Å². The van der Waals surface area contributed by atoms with Gasteiger partial charge in [0.05, 0.1) is 11.2 Å². The lowest BCUT2D eigenvalue weighted by molar-refractivity contribution is 0.650. The van der Waals surface area contributed by atoms with Gasteiger partial charge in [-0.25, -0.2) is 9.97 Å². The molecule has 0 radical (unpaired) electrons. The molecule has 144 valence electrons. The van der Waals surface area contributed by atoms with Gasteiger partial charge >= 0.3 is 0 Å². The predicted molar refractivity (Wildman–Crippen MR) is 120 cm³/mol. The number of hydrogen-bond acceptors (Lipinski definition) is 3. The molecule has 0 unspecified atom stereocenters. The molecule has 0 fully saturated rings. The van der Waals surface area contributed by atoms with E-state index in [0.29, 0.717) is 11.6 Å². The first-order valence-electron chi connectivity index (χ1n) is 10.2. The molecule has 3 aromatic heterocycles. The number of rotatable bonds is 3. The van der Waals surface area contributed by atoms with Crippen molar-refractivity contribution >= 4 is 33.0 Å². The summed E-state index contributed by atoms with van der Waals surface area (Å²) in [6, 6.07) is 19.1. The van der Waals surface area contributed by atoms with Crippen LogP contribution in [0.15, 0.2) is 59.0 Å². The van der Waals surface area contributed by atoms with Gasteiger partial charge in [0.2, 0.25) is 5.71 Å². The molecule has 0 bridgehead atoms. The molecule has 3 nitrogen and oxygen atoms in total. The number of nitrogens with zero attached hydrogens (tertiary/aromatic N) is 2. The van der Waals surface area contributed by atoms with Crippen molar-refractivity contribution in [2.75, 3.05) is 0 Å². The monoisotopic (exact) mass is 380 g/mol. The minimum absolute atomic E-state index is 0.614. The van der Waals surface area contributed by atoms with Crippen LogP contribution in [0.5, 0.6) is 0 Å². The molecule has 5 aromatic rings. The average molecular weight is 380 g/mol. The second-order valence-electron chi connectivity index (χ2n) is 8.32. The smallest absolute Gasteiger partial charge is 0.227 e.